The van der Waals surface area contributed by atoms with E-state index >= 15 is 0 Å². The topological polar surface area (TPSA) is 57.2 Å². The van der Waals surface area contributed by atoms with Gasteiger partial charge >= 0.3 is 6.09 Å². The quantitative estimate of drug-likeness (QED) is 0.680. The maximum Gasteiger partial charge on any atom is 0.410 e. The average Bonchev–Trinajstić information content (AvgIpc) is 2.43. The molecule has 25 heavy (non-hydrogen) atoms. The normalized spacial score (nSPS) is 22.8. The van der Waals surface area contributed by atoms with Crippen molar-refractivity contribution in [3.63, 3.8) is 0 Å². The number of carbonyl (C=O) groups excluding carboxylic acids is 1. The molecule has 148 valence electrons. The molecule has 0 aromatic heterocycles. The maximum atomic E-state index is 12.6. The lowest BCUT2D eigenvalue weighted by molar-refractivity contribution is -0.191. The summed E-state index contributed by atoms with van der Waals surface area (Å²) in [4.78, 5) is 14.3. The molecule has 0 aromatic carbocycles. The highest BCUT2D eigenvalue weighted by Crippen LogP contribution is 2.36. The maximum absolute atomic E-state index is 12.6. The van der Waals surface area contributed by atoms with Crippen molar-refractivity contribution in [1.29, 1.82) is 0 Å². The van der Waals surface area contributed by atoms with Gasteiger partial charge in [-0.2, -0.15) is 0 Å². The highest BCUT2D eigenvalue weighted by atomic mass is 28.4. The van der Waals surface area contributed by atoms with Crippen LogP contribution in [0, 0.1) is 0 Å². The van der Waals surface area contributed by atoms with Crippen molar-refractivity contribution >= 4 is 14.4 Å². The zero-order chi connectivity index (χ0) is 19.5. The van der Waals surface area contributed by atoms with Gasteiger partial charge in [-0.1, -0.05) is 20.8 Å². The average molecular weight is 376 g/mol. The molecule has 0 aromatic rings. The van der Waals surface area contributed by atoms with Gasteiger partial charge in [0.1, 0.15) is 5.60 Å². The third-order valence-electron chi connectivity index (χ3n) is 4.68. The van der Waals surface area contributed by atoms with Crippen LogP contribution >= 0.6 is 0 Å². The number of morpholine rings is 1. The number of hydrogen-bond donors (Lipinski definition) is 0. The van der Waals surface area contributed by atoms with Crippen molar-refractivity contribution in [3.05, 3.63) is 0 Å². The molecule has 7 heteroatoms. The van der Waals surface area contributed by atoms with Crippen LogP contribution < -0.4 is 0 Å². The van der Waals surface area contributed by atoms with E-state index in [4.69, 9.17) is 18.6 Å². The van der Waals surface area contributed by atoms with Gasteiger partial charge in [0.25, 0.3) is 0 Å². The Morgan fingerprint density at radius 3 is 2.28 bits per heavy atom. The number of nitrogens with zero attached hydrogens (tertiary/aromatic N) is 1. The van der Waals surface area contributed by atoms with Gasteiger partial charge in [0.05, 0.1) is 25.8 Å². The molecule has 1 rings (SSSR count). The first-order valence-corrected chi connectivity index (χ1v) is 12.0. The number of ether oxygens (including phenoxy) is 3. The molecule has 0 N–H and O–H groups in total. The summed E-state index contributed by atoms with van der Waals surface area (Å²) in [5.74, 6) is 0. The summed E-state index contributed by atoms with van der Waals surface area (Å²) in [5.41, 5.74) is -0.540. The first-order chi connectivity index (χ1) is 11.3. The Balaban J connectivity index is 2.82. The Labute approximate surface area is 154 Å². The van der Waals surface area contributed by atoms with E-state index in [0.717, 1.165) is 0 Å². The Bertz CT molecular complexity index is 442. The van der Waals surface area contributed by atoms with Crippen molar-refractivity contribution in [2.75, 3.05) is 26.4 Å². The van der Waals surface area contributed by atoms with Gasteiger partial charge in [-0.3, -0.25) is 4.90 Å². The molecule has 0 spiro atoms. The summed E-state index contributed by atoms with van der Waals surface area (Å²) in [7, 11) is -1.90. The van der Waals surface area contributed by atoms with Crippen molar-refractivity contribution in [2.24, 2.45) is 0 Å². The predicted molar refractivity (Wildman–Crippen MR) is 101 cm³/mol. The second-order valence-corrected chi connectivity index (χ2v) is 13.9. The minimum absolute atomic E-state index is 0.118. The van der Waals surface area contributed by atoms with Crippen LogP contribution in [0.5, 0.6) is 0 Å². The van der Waals surface area contributed by atoms with Gasteiger partial charge < -0.3 is 18.6 Å². The van der Waals surface area contributed by atoms with E-state index in [0.29, 0.717) is 26.4 Å². The third-order valence-corrected chi connectivity index (χ3v) is 9.19. The molecule has 0 radical (unpaired) electrons. The van der Waals surface area contributed by atoms with Crippen LogP contribution in [0.15, 0.2) is 0 Å². The van der Waals surface area contributed by atoms with Gasteiger partial charge in [0.2, 0.25) is 0 Å². The van der Waals surface area contributed by atoms with E-state index in [-0.39, 0.29) is 17.2 Å². The van der Waals surface area contributed by atoms with Crippen LogP contribution in [-0.4, -0.2) is 63.6 Å². The van der Waals surface area contributed by atoms with E-state index < -0.39 is 20.2 Å². The molecule has 1 heterocycles. The Hall–Kier alpha value is -0.633. The summed E-state index contributed by atoms with van der Waals surface area (Å²) in [6.07, 6.45) is -0.758. The molecule has 0 saturated carbocycles. The van der Waals surface area contributed by atoms with Crippen molar-refractivity contribution in [3.8, 4) is 0 Å². The summed E-state index contributed by atoms with van der Waals surface area (Å²) < 4.78 is 23.2. The molecule has 1 aliphatic rings. The van der Waals surface area contributed by atoms with E-state index in [1.807, 2.05) is 27.7 Å². The molecule has 2 unspecified atom stereocenters. The second kappa shape index (κ2) is 8.37. The van der Waals surface area contributed by atoms with Gasteiger partial charge in [-0.25, -0.2) is 4.79 Å². The van der Waals surface area contributed by atoms with Crippen LogP contribution in [0.4, 0.5) is 4.79 Å². The van der Waals surface area contributed by atoms with Gasteiger partial charge in [0, 0.05) is 6.61 Å². The predicted octanol–water partition coefficient (Wildman–Crippen LogP) is 4.01. The third kappa shape index (κ3) is 6.88. The Morgan fingerprint density at radius 2 is 1.80 bits per heavy atom. The molecule has 1 aliphatic heterocycles. The number of hydrogen-bond acceptors (Lipinski definition) is 5. The lowest BCUT2D eigenvalue weighted by Gasteiger charge is -2.42. The number of amides is 1. The number of rotatable bonds is 5. The molecular formula is C18H37NO5Si. The smallest absolute Gasteiger partial charge is 0.410 e. The standard InChI is InChI=1S/C18H37NO5Si/c1-10-21-15-11-19(16(20)24-17(2,3)4)14(12-22-15)13-23-25(8,9)18(5,6)7/h14-15H,10-13H2,1-9H3. The zero-order valence-electron chi connectivity index (χ0n) is 17.5. The number of carbonyl (C=O) groups is 1. The lowest BCUT2D eigenvalue weighted by atomic mass is 10.2. The highest BCUT2D eigenvalue weighted by Gasteiger charge is 2.40. The molecule has 0 bridgehead atoms. The van der Waals surface area contributed by atoms with Crippen molar-refractivity contribution < 1.29 is 23.4 Å². The van der Waals surface area contributed by atoms with Crippen LogP contribution in [-0.2, 0) is 18.6 Å². The molecule has 2 atom stereocenters. The van der Waals surface area contributed by atoms with Crippen LogP contribution in [0.3, 0.4) is 0 Å². The fraction of sp³-hybridized carbons (Fsp3) is 0.944. The van der Waals surface area contributed by atoms with Gasteiger partial charge in [-0.15, -0.1) is 0 Å². The minimum atomic E-state index is -1.90. The molecule has 1 saturated heterocycles. The van der Waals surface area contributed by atoms with Gasteiger partial charge in [0.15, 0.2) is 14.6 Å². The van der Waals surface area contributed by atoms with Crippen molar-refractivity contribution in [1.82, 2.24) is 4.90 Å². The first-order valence-electron chi connectivity index (χ1n) is 9.13. The summed E-state index contributed by atoms with van der Waals surface area (Å²) in [5, 5.41) is 0.118. The fourth-order valence-electron chi connectivity index (χ4n) is 2.16. The molecule has 0 aliphatic carbocycles. The fourth-order valence-corrected chi connectivity index (χ4v) is 3.20. The SMILES string of the molecule is CCOC1CN(C(=O)OC(C)(C)C)C(CO[Si](C)(C)C(C)(C)C)CO1. The first kappa shape index (κ1) is 22.4. The Morgan fingerprint density at radius 1 is 1.20 bits per heavy atom. The summed E-state index contributed by atoms with van der Waals surface area (Å²) >= 11 is 0. The highest BCUT2D eigenvalue weighted by molar-refractivity contribution is 6.74. The monoisotopic (exact) mass is 375 g/mol. The van der Waals surface area contributed by atoms with E-state index in [1.165, 1.54) is 0 Å². The van der Waals surface area contributed by atoms with E-state index in [2.05, 4.69) is 33.9 Å². The van der Waals surface area contributed by atoms with Gasteiger partial charge in [-0.05, 0) is 45.8 Å². The van der Waals surface area contributed by atoms with E-state index in [9.17, 15) is 4.79 Å². The van der Waals surface area contributed by atoms with Crippen LogP contribution in [0.2, 0.25) is 18.1 Å². The van der Waals surface area contributed by atoms with Crippen molar-refractivity contribution in [2.45, 2.75) is 84.5 Å². The van der Waals surface area contributed by atoms with E-state index in [1.54, 1.807) is 4.90 Å². The molecule has 1 amide bonds. The second-order valence-electron chi connectivity index (χ2n) is 9.08. The zero-order valence-corrected chi connectivity index (χ0v) is 18.5. The van der Waals surface area contributed by atoms with Crippen LogP contribution in [0.25, 0.3) is 0 Å². The molecular weight excluding hydrogens is 338 g/mol. The molecule has 6 nitrogen and oxygen atoms in total. The largest absolute Gasteiger partial charge is 0.444 e. The van der Waals surface area contributed by atoms with Crippen LogP contribution in [0.1, 0.15) is 48.5 Å². The summed E-state index contributed by atoms with van der Waals surface area (Å²) in [6, 6.07) is -0.166. The lowest BCUT2D eigenvalue weighted by Crippen LogP contribution is -2.57. The summed E-state index contributed by atoms with van der Waals surface area (Å²) in [6.45, 7) is 20.3. The minimum Gasteiger partial charge on any atom is -0.444 e. The molecule has 1 fully saturated rings. The Kier molecular flexibility index (Phi) is 7.50.